The first kappa shape index (κ1) is 21.5. The smallest absolute Gasteiger partial charge is 0.255 e. The van der Waals surface area contributed by atoms with Gasteiger partial charge in [0.15, 0.2) is 5.82 Å². The SMILES string of the molecule is O=C(Nc1cccnc1N1CCCC1)c1ccc(S(=O)(=O)NCCc2cccs2)cc1. The molecule has 1 fully saturated rings. The molecule has 0 saturated carbocycles. The number of amides is 1. The second-order valence-electron chi connectivity index (χ2n) is 7.27. The zero-order valence-electron chi connectivity index (χ0n) is 17.0. The normalized spacial score (nSPS) is 14.0. The maximum atomic E-state index is 12.7. The average Bonchev–Trinajstić information content (AvgIpc) is 3.49. The van der Waals surface area contributed by atoms with Gasteiger partial charge in [-0.1, -0.05) is 6.07 Å². The predicted octanol–water partition coefficient (Wildman–Crippen LogP) is 3.52. The minimum absolute atomic E-state index is 0.134. The van der Waals surface area contributed by atoms with Crippen LogP contribution in [0.5, 0.6) is 0 Å². The molecule has 3 aromatic rings. The van der Waals surface area contributed by atoms with Gasteiger partial charge in [0.25, 0.3) is 5.91 Å². The summed E-state index contributed by atoms with van der Waals surface area (Å²) in [5.74, 6) is 0.463. The fraction of sp³-hybridized carbons (Fsp3) is 0.273. The molecule has 2 aromatic heterocycles. The van der Waals surface area contributed by atoms with Crippen molar-refractivity contribution in [2.75, 3.05) is 29.9 Å². The minimum Gasteiger partial charge on any atom is -0.355 e. The first-order chi connectivity index (χ1) is 15.0. The van der Waals surface area contributed by atoms with Crippen LogP contribution in [0.4, 0.5) is 11.5 Å². The van der Waals surface area contributed by atoms with Crippen LogP contribution < -0.4 is 14.9 Å². The van der Waals surface area contributed by atoms with Crippen molar-refractivity contribution in [3.8, 4) is 0 Å². The summed E-state index contributed by atoms with van der Waals surface area (Å²) in [7, 11) is -3.63. The van der Waals surface area contributed by atoms with Gasteiger partial charge in [-0.25, -0.2) is 18.1 Å². The summed E-state index contributed by atoms with van der Waals surface area (Å²) in [5, 5.41) is 4.87. The Morgan fingerprint density at radius 3 is 2.55 bits per heavy atom. The Morgan fingerprint density at radius 1 is 1.06 bits per heavy atom. The average molecular weight is 457 g/mol. The monoisotopic (exact) mass is 456 g/mol. The van der Waals surface area contributed by atoms with Crippen LogP contribution in [-0.2, 0) is 16.4 Å². The highest BCUT2D eigenvalue weighted by atomic mass is 32.2. The Hall–Kier alpha value is -2.75. The number of thiophene rings is 1. The molecule has 0 radical (unpaired) electrons. The van der Waals surface area contributed by atoms with Gasteiger partial charge in [-0.2, -0.15) is 0 Å². The van der Waals surface area contributed by atoms with E-state index in [1.165, 1.54) is 24.3 Å². The van der Waals surface area contributed by atoms with Gasteiger partial charge in [0.1, 0.15) is 0 Å². The van der Waals surface area contributed by atoms with E-state index in [1.807, 2.05) is 23.6 Å². The zero-order valence-corrected chi connectivity index (χ0v) is 18.6. The van der Waals surface area contributed by atoms with Gasteiger partial charge in [0, 0.05) is 36.3 Å². The lowest BCUT2D eigenvalue weighted by molar-refractivity contribution is 0.102. The summed E-state index contributed by atoms with van der Waals surface area (Å²) in [6.45, 7) is 2.17. The second-order valence-corrected chi connectivity index (χ2v) is 10.1. The predicted molar refractivity (Wildman–Crippen MR) is 123 cm³/mol. The number of benzene rings is 1. The fourth-order valence-corrected chi connectivity index (χ4v) is 5.24. The molecule has 1 saturated heterocycles. The lowest BCUT2D eigenvalue weighted by Gasteiger charge is -2.20. The number of carbonyl (C=O) groups is 1. The van der Waals surface area contributed by atoms with E-state index in [0.29, 0.717) is 24.2 Å². The number of carbonyl (C=O) groups excluding carboxylic acids is 1. The van der Waals surface area contributed by atoms with Gasteiger partial charge in [-0.3, -0.25) is 4.79 Å². The third-order valence-corrected chi connectivity index (χ3v) is 7.52. The van der Waals surface area contributed by atoms with E-state index >= 15 is 0 Å². The Morgan fingerprint density at radius 2 is 1.84 bits per heavy atom. The van der Waals surface area contributed by atoms with Crippen molar-refractivity contribution >= 4 is 38.8 Å². The van der Waals surface area contributed by atoms with E-state index < -0.39 is 10.0 Å². The lowest BCUT2D eigenvalue weighted by Crippen LogP contribution is -2.26. The standard InChI is InChI=1S/C22H24N4O3S2/c27-22(25-20-6-3-12-23-21(20)26-14-1-2-15-26)17-7-9-19(10-8-17)31(28,29)24-13-11-18-5-4-16-30-18/h3-10,12,16,24H,1-2,11,13-15H2,(H,25,27). The number of anilines is 2. The maximum absolute atomic E-state index is 12.7. The first-order valence-corrected chi connectivity index (χ1v) is 12.5. The molecule has 1 amide bonds. The van der Waals surface area contributed by atoms with Crippen LogP contribution in [0.1, 0.15) is 28.1 Å². The van der Waals surface area contributed by atoms with Crippen LogP contribution in [0.3, 0.4) is 0 Å². The molecule has 0 bridgehead atoms. The summed E-state index contributed by atoms with van der Waals surface area (Å²) in [5.41, 5.74) is 1.04. The van der Waals surface area contributed by atoms with Gasteiger partial charge < -0.3 is 10.2 Å². The molecule has 1 aliphatic heterocycles. The van der Waals surface area contributed by atoms with Gasteiger partial charge in [0.05, 0.1) is 10.6 Å². The summed E-state index contributed by atoms with van der Waals surface area (Å²) < 4.78 is 27.6. The summed E-state index contributed by atoms with van der Waals surface area (Å²) in [6.07, 6.45) is 4.58. The number of nitrogens with zero attached hydrogens (tertiary/aromatic N) is 2. The van der Waals surface area contributed by atoms with Gasteiger partial charge >= 0.3 is 0 Å². The van der Waals surface area contributed by atoms with Crippen molar-refractivity contribution in [1.29, 1.82) is 0 Å². The molecule has 4 rings (SSSR count). The molecule has 0 atom stereocenters. The van der Waals surface area contributed by atoms with E-state index in [2.05, 4.69) is 19.9 Å². The third kappa shape index (κ3) is 5.30. The molecule has 7 nitrogen and oxygen atoms in total. The molecule has 3 heterocycles. The second kappa shape index (κ2) is 9.59. The van der Waals surface area contributed by atoms with E-state index in [9.17, 15) is 13.2 Å². The molecular formula is C22H24N4O3S2. The Balaban J connectivity index is 1.40. The van der Waals surface area contributed by atoms with Crippen LogP contribution in [0.25, 0.3) is 0 Å². The number of pyridine rings is 1. The molecule has 0 aliphatic carbocycles. The summed E-state index contributed by atoms with van der Waals surface area (Å²) in [6, 6.07) is 13.5. The first-order valence-electron chi connectivity index (χ1n) is 10.2. The molecule has 0 unspecified atom stereocenters. The topological polar surface area (TPSA) is 91.4 Å². The molecule has 31 heavy (non-hydrogen) atoms. The fourth-order valence-electron chi connectivity index (χ4n) is 3.50. The molecule has 162 valence electrons. The van der Waals surface area contributed by atoms with Crippen molar-refractivity contribution in [1.82, 2.24) is 9.71 Å². The Bertz CT molecular complexity index is 1120. The van der Waals surface area contributed by atoms with Crippen LogP contribution in [0, 0.1) is 0 Å². The highest BCUT2D eigenvalue weighted by Gasteiger charge is 2.19. The quantitative estimate of drug-likeness (QED) is 0.541. The van der Waals surface area contributed by atoms with Crippen molar-refractivity contribution in [3.05, 3.63) is 70.5 Å². The molecular weight excluding hydrogens is 432 g/mol. The Labute approximate surface area is 186 Å². The number of hydrogen-bond donors (Lipinski definition) is 2. The lowest BCUT2D eigenvalue weighted by atomic mass is 10.2. The van der Waals surface area contributed by atoms with Crippen LogP contribution in [0.2, 0.25) is 0 Å². The highest BCUT2D eigenvalue weighted by molar-refractivity contribution is 7.89. The Kier molecular flexibility index (Phi) is 6.64. The van der Waals surface area contributed by atoms with E-state index in [0.717, 1.165) is 36.6 Å². The van der Waals surface area contributed by atoms with Crippen LogP contribution >= 0.6 is 11.3 Å². The van der Waals surface area contributed by atoms with E-state index in [4.69, 9.17) is 0 Å². The molecule has 1 aliphatic rings. The number of rotatable bonds is 8. The van der Waals surface area contributed by atoms with Crippen LogP contribution in [0.15, 0.2) is 65.0 Å². The van der Waals surface area contributed by atoms with E-state index in [-0.39, 0.29) is 10.8 Å². The number of sulfonamides is 1. The summed E-state index contributed by atoms with van der Waals surface area (Å²) >= 11 is 1.60. The van der Waals surface area contributed by atoms with Crippen molar-refractivity contribution < 1.29 is 13.2 Å². The molecule has 1 aromatic carbocycles. The maximum Gasteiger partial charge on any atom is 0.255 e. The van der Waals surface area contributed by atoms with Gasteiger partial charge in [-0.15, -0.1) is 11.3 Å². The van der Waals surface area contributed by atoms with Gasteiger partial charge in [-0.05, 0) is 67.1 Å². The highest BCUT2D eigenvalue weighted by Crippen LogP contribution is 2.26. The third-order valence-electron chi connectivity index (χ3n) is 5.11. The molecule has 0 spiro atoms. The van der Waals surface area contributed by atoms with E-state index in [1.54, 1.807) is 23.6 Å². The number of nitrogens with one attached hydrogen (secondary N) is 2. The number of aromatic nitrogens is 1. The largest absolute Gasteiger partial charge is 0.355 e. The van der Waals surface area contributed by atoms with Gasteiger partial charge in [0.2, 0.25) is 10.0 Å². The van der Waals surface area contributed by atoms with Crippen molar-refractivity contribution in [2.24, 2.45) is 0 Å². The van der Waals surface area contributed by atoms with Crippen molar-refractivity contribution in [2.45, 2.75) is 24.2 Å². The molecule has 2 N–H and O–H groups in total. The van der Waals surface area contributed by atoms with Crippen LogP contribution in [-0.4, -0.2) is 38.9 Å². The summed E-state index contributed by atoms with van der Waals surface area (Å²) in [4.78, 5) is 20.6. The zero-order chi connectivity index (χ0) is 21.7. The molecule has 9 heteroatoms. The minimum atomic E-state index is -3.63. The van der Waals surface area contributed by atoms with Crippen molar-refractivity contribution in [3.63, 3.8) is 0 Å². The number of hydrogen-bond acceptors (Lipinski definition) is 6.